The summed E-state index contributed by atoms with van der Waals surface area (Å²) in [4.78, 5) is 10.4. The van der Waals surface area contributed by atoms with E-state index in [0.717, 1.165) is 6.42 Å². The summed E-state index contributed by atoms with van der Waals surface area (Å²) in [6.45, 7) is 3.87. The van der Waals surface area contributed by atoms with Crippen LogP contribution in [0.4, 0.5) is 24.7 Å². The van der Waals surface area contributed by atoms with E-state index in [0.29, 0.717) is 6.54 Å². The number of aromatic nitrogens is 2. The van der Waals surface area contributed by atoms with Gasteiger partial charge in [0, 0.05) is 19.5 Å². The average molecular weight is 294 g/mol. The molecule has 0 radical (unpaired) electrons. The zero-order chi connectivity index (χ0) is 15.3. The largest absolute Gasteiger partial charge is 0.389 e. The Hall–Kier alpha value is -1.80. The predicted octanol–water partition coefficient (Wildman–Crippen LogP) is 3.26. The molecule has 1 rings (SSSR count). The summed E-state index contributed by atoms with van der Waals surface area (Å²) < 4.78 is 37.6. The minimum atomic E-state index is -4.22. The molecule has 0 spiro atoms. The molecule has 0 saturated carbocycles. The van der Waals surface area contributed by atoms with Crippen molar-refractivity contribution in [1.29, 1.82) is 0 Å². The Morgan fingerprint density at radius 2 is 2.10 bits per heavy atom. The second kappa shape index (κ2) is 6.58. The molecular formula is C11H17F3N4O2. The standard InChI is InChI=1S/C11H17F3N4O2/c1-3-7-17-10(9(18(19)20)8(2)16-17)15-6-4-5-11(12,13)14/h15H,3-7H2,1-2H3. The molecule has 0 atom stereocenters. The van der Waals surface area contributed by atoms with Crippen molar-refractivity contribution in [3.05, 3.63) is 15.8 Å². The van der Waals surface area contributed by atoms with Gasteiger partial charge in [0.05, 0.1) is 4.92 Å². The van der Waals surface area contributed by atoms with Crippen LogP contribution in [0.1, 0.15) is 31.9 Å². The zero-order valence-corrected chi connectivity index (χ0v) is 11.3. The molecule has 20 heavy (non-hydrogen) atoms. The molecule has 9 heteroatoms. The summed E-state index contributed by atoms with van der Waals surface area (Å²) in [6, 6.07) is 0. The first-order chi connectivity index (χ1) is 9.26. The molecule has 6 nitrogen and oxygen atoms in total. The molecule has 0 bridgehead atoms. The second-order valence-corrected chi connectivity index (χ2v) is 4.41. The van der Waals surface area contributed by atoms with E-state index in [1.54, 1.807) is 0 Å². The van der Waals surface area contributed by atoms with Gasteiger partial charge in [0.25, 0.3) is 0 Å². The normalized spacial score (nSPS) is 11.7. The third kappa shape index (κ3) is 4.39. The van der Waals surface area contributed by atoms with Crippen molar-refractivity contribution in [2.75, 3.05) is 11.9 Å². The maximum Gasteiger partial charge on any atom is 0.389 e. The van der Waals surface area contributed by atoms with Crippen molar-refractivity contribution in [3.63, 3.8) is 0 Å². The van der Waals surface area contributed by atoms with Gasteiger partial charge in [-0.2, -0.15) is 18.3 Å². The number of nitro groups is 1. The summed E-state index contributed by atoms with van der Waals surface area (Å²) in [5.41, 5.74) is 0.0761. The highest BCUT2D eigenvalue weighted by Crippen LogP contribution is 2.29. The SMILES string of the molecule is CCCn1nc(C)c([N+](=O)[O-])c1NCCCC(F)(F)F. The van der Waals surface area contributed by atoms with Crippen molar-refractivity contribution >= 4 is 11.5 Å². The summed E-state index contributed by atoms with van der Waals surface area (Å²) >= 11 is 0. The molecule has 0 saturated heterocycles. The van der Waals surface area contributed by atoms with Gasteiger partial charge in [0.2, 0.25) is 5.82 Å². The predicted molar refractivity (Wildman–Crippen MR) is 67.7 cm³/mol. The Bertz CT molecular complexity index is 471. The first-order valence-electron chi connectivity index (χ1n) is 6.28. The third-order valence-corrected chi connectivity index (χ3v) is 2.64. The molecule has 0 aromatic carbocycles. The Morgan fingerprint density at radius 1 is 1.45 bits per heavy atom. The van der Waals surface area contributed by atoms with Crippen LogP contribution in [0.3, 0.4) is 0 Å². The molecule has 1 aromatic heterocycles. The van der Waals surface area contributed by atoms with E-state index in [4.69, 9.17) is 0 Å². The summed E-state index contributed by atoms with van der Waals surface area (Å²) in [6.07, 6.45) is -4.56. The fourth-order valence-corrected chi connectivity index (χ4v) is 1.83. The van der Waals surface area contributed by atoms with Gasteiger partial charge < -0.3 is 5.32 Å². The van der Waals surface area contributed by atoms with E-state index in [9.17, 15) is 23.3 Å². The highest BCUT2D eigenvalue weighted by Gasteiger charge is 2.27. The minimum Gasteiger partial charge on any atom is -0.365 e. The number of hydrogen-bond donors (Lipinski definition) is 1. The van der Waals surface area contributed by atoms with Crippen LogP contribution >= 0.6 is 0 Å². The lowest BCUT2D eigenvalue weighted by Crippen LogP contribution is -2.14. The second-order valence-electron chi connectivity index (χ2n) is 4.41. The van der Waals surface area contributed by atoms with Gasteiger partial charge in [-0.3, -0.25) is 10.1 Å². The fraction of sp³-hybridized carbons (Fsp3) is 0.727. The van der Waals surface area contributed by atoms with Gasteiger partial charge >= 0.3 is 11.9 Å². The highest BCUT2D eigenvalue weighted by atomic mass is 19.4. The van der Waals surface area contributed by atoms with E-state index >= 15 is 0 Å². The van der Waals surface area contributed by atoms with Crippen molar-refractivity contribution in [2.24, 2.45) is 0 Å². The molecule has 0 unspecified atom stereocenters. The zero-order valence-electron chi connectivity index (χ0n) is 11.3. The topological polar surface area (TPSA) is 73.0 Å². The molecule has 0 amide bonds. The Morgan fingerprint density at radius 3 is 2.60 bits per heavy atom. The third-order valence-electron chi connectivity index (χ3n) is 2.64. The molecule has 1 aromatic rings. The molecule has 1 N–H and O–H groups in total. The number of halogens is 3. The number of nitrogens with zero attached hydrogens (tertiary/aromatic N) is 3. The van der Waals surface area contributed by atoms with E-state index in [-0.39, 0.29) is 30.2 Å². The van der Waals surface area contributed by atoms with E-state index in [1.165, 1.54) is 11.6 Å². The van der Waals surface area contributed by atoms with Crippen LogP contribution in [0.15, 0.2) is 0 Å². The van der Waals surface area contributed by atoms with Gasteiger partial charge in [0.1, 0.15) is 5.69 Å². The van der Waals surface area contributed by atoms with Gasteiger partial charge in [0.15, 0.2) is 0 Å². The average Bonchev–Trinajstić information content (AvgIpc) is 2.60. The molecule has 0 aliphatic heterocycles. The monoisotopic (exact) mass is 294 g/mol. The molecule has 0 aliphatic rings. The first-order valence-corrected chi connectivity index (χ1v) is 6.28. The number of aryl methyl sites for hydroxylation is 2. The smallest absolute Gasteiger partial charge is 0.365 e. The van der Waals surface area contributed by atoms with Crippen LogP contribution < -0.4 is 5.32 Å². The van der Waals surface area contributed by atoms with E-state index < -0.39 is 17.5 Å². The maximum absolute atomic E-state index is 12.0. The summed E-state index contributed by atoms with van der Waals surface area (Å²) in [7, 11) is 0. The Balaban J connectivity index is 2.78. The van der Waals surface area contributed by atoms with E-state index in [1.807, 2.05) is 6.92 Å². The van der Waals surface area contributed by atoms with Crippen LogP contribution in [-0.4, -0.2) is 27.4 Å². The molecule has 0 aliphatic carbocycles. The lowest BCUT2D eigenvalue weighted by molar-refractivity contribution is -0.384. The highest BCUT2D eigenvalue weighted by molar-refractivity contribution is 5.59. The molecule has 1 heterocycles. The van der Waals surface area contributed by atoms with Crippen LogP contribution in [0.5, 0.6) is 0 Å². The van der Waals surface area contributed by atoms with Crippen LogP contribution in [0.2, 0.25) is 0 Å². The lowest BCUT2D eigenvalue weighted by Gasteiger charge is -2.09. The summed E-state index contributed by atoms with van der Waals surface area (Å²) in [5.74, 6) is 0.177. The molecular weight excluding hydrogens is 277 g/mol. The number of hydrogen-bond acceptors (Lipinski definition) is 4. The van der Waals surface area contributed by atoms with Crippen molar-refractivity contribution in [1.82, 2.24) is 9.78 Å². The fourth-order valence-electron chi connectivity index (χ4n) is 1.83. The minimum absolute atomic E-state index is 0.00912. The molecule has 114 valence electrons. The summed E-state index contributed by atoms with van der Waals surface area (Å²) in [5, 5.41) is 17.7. The maximum atomic E-state index is 12.0. The number of anilines is 1. The molecule has 0 fully saturated rings. The van der Waals surface area contributed by atoms with Gasteiger partial charge in [-0.05, 0) is 19.8 Å². The Kier molecular flexibility index (Phi) is 5.34. The van der Waals surface area contributed by atoms with E-state index in [2.05, 4.69) is 10.4 Å². The van der Waals surface area contributed by atoms with Gasteiger partial charge in [-0.15, -0.1) is 0 Å². The van der Waals surface area contributed by atoms with Gasteiger partial charge in [-0.25, -0.2) is 4.68 Å². The number of nitrogens with one attached hydrogen (secondary N) is 1. The quantitative estimate of drug-likeness (QED) is 0.476. The Labute approximate surface area is 114 Å². The number of rotatable bonds is 7. The van der Waals surface area contributed by atoms with Crippen molar-refractivity contribution in [3.8, 4) is 0 Å². The van der Waals surface area contributed by atoms with Crippen LogP contribution in [0, 0.1) is 17.0 Å². The van der Waals surface area contributed by atoms with Crippen LogP contribution in [0.25, 0.3) is 0 Å². The first kappa shape index (κ1) is 16.3. The van der Waals surface area contributed by atoms with Crippen LogP contribution in [-0.2, 0) is 6.54 Å². The van der Waals surface area contributed by atoms with Crippen molar-refractivity contribution < 1.29 is 18.1 Å². The van der Waals surface area contributed by atoms with Gasteiger partial charge in [-0.1, -0.05) is 6.92 Å². The lowest BCUT2D eigenvalue weighted by atomic mass is 10.3. The van der Waals surface area contributed by atoms with Crippen molar-refractivity contribution in [2.45, 2.75) is 45.8 Å². The number of alkyl halides is 3.